The number of benzene rings is 2. The molecule has 5 rings (SSSR count). The second-order valence-corrected chi connectivity index (χ2v) is 9.05. The molecule has 37 heavy (non-hydrogen) atoms. The topological polar surface area (TPSA) is 107 Å². The minimum absolute atomic E-state index is 0.177. The fraction of sp³-hybridized carbons (Fsp3) is 0.250. The predicted molar refractivity (Wildman–Crippen MR) is 145 cm³/mol. The molecular weight excluding hydrogens is 466 g/mol. The van der Waals surface area contributed by atoms with Crippen LogP contribution in [-0.2, 0) is 6.42 Å². The Bertz CT molecular complexity index is 1360. The number of hydrogen-bond acceptors (Lipinski definition) is 7. The molecule has 1 aliphatic heterocycles. The summed E-state index contributed by atoms with van der Waals surface area (Å²) in [7, 11) is 0. The molecule has 9 nitrogen and oxygen atoms in total. The van der Waals surface area contributed by atoms with Crippen LogP contribution in [-0.4, -0.2) is 58.3 Å². The number of amides is 1. The van der Waals surface area contributed by atoms with Gasteiger partial charge in [-0.2, -0.15) is 4.98 Å². The average Bonchev–Trinajstić information content (AvgIpc) is 3.42. The van der Waals surface area contributed by atoms with Gasteiger partial charge in [0.2, 0.25) is 5.95 Å². The summed E-state index contributed by atoms with van der Waals surface area (Å²) in [5, 5.41) is 19.5. The van der Waals surface area contributed by atoms with Gasteiger partial charge < -0.3 is 30.5 Å². The second-order valence-electron chi connectivity index (χ2n) is 9.05. The largest absolute Gasteiger partial charge is 0.508 e. The van der Waals surface area contributed by atoms with E-state index in [0.29, 0.717) is 30.3 Å². The van der Waals surface area contributed by atoms with Crippen LogP contribution in [0.4, 0.5) is 17.3 Å². The molecule has 1 fully saturated rings. The number of piperazine rings is 1. The summed E-state index contributed by atoms with van der Waals surface area (Å²) >= 11 is 0. The molecule has 1 aliphatic rings. The molecule has 9 heteroatoms. The van der Waals surface area contributed by atoms with Crippen LogP contribution in [0.5, 0.6) is 5.75 Å². The first-order valence-electron chi connectivity index (χ1n) is 12.5. The second kappa shape index (κ2) is 11.1. The summed E-state index contributed by atoms with van der Waals surface area (Å²) in [6, 6.07) is 17.2. The molecule has 2 aromatic carbocycles. The monoisotopic (exact) mass is 497 g/mol. The maximum Gasteiger partial charge on any atom is 0.252 e. The van der Waals surface area contributed by atoms with Crippen LogP contribution in [0.2, 0.25) is 0 Å². The van der Waals surface area contributed by atoms with Gasteiger partial charge in [0.25, 0.3) is 5.91 Å². The number of carbonyl (C=O) groups is 1. The summed E-state index contributed by atoms with van der Waals surface area (Å²) in [5.74, 6) is 1.24. The number of rotatable bonds is 8. The van der Waals surface area contributed by atoms with Crippen molar-refractivity contribution in [3.05, 3.63) is 89.9 Å². The first-order chi connectivity index (χ1) is 18.1. The molecule has 0 bridgehead atoms. The minimum Gasteiger partial charge on any atom is -0.508 e. The van der Waals surface area contributed by atoms with Gasteiger partial charge in [0.15, 0.2) is 0 Å². The van der Waals surface area contributed by atoms with Gasteiger partial charge in [0.05, 0.1) is 5.56 Å². The first-order valence-corrected chi connectivity index (χ1v) is 12.5. The zero-order valence-corrected chi connectivity index (χ0v) is 20.8. The summed E-state index contributed by atoms with van der Waals surface area (Å²) in [6.07, 6.45) is 5.90. The number of phenolic OH excluding ortho intramolecular Hbond substituents is 1. The van der Waals surface area contributed by atoms with Gasteiger partial charge >= 0.3 is 0 Å². The Balaban J connectivity index is 1.22. The summed E-state index contributed by atoms with van der Waals surface area (Å²) in [4.78, 5) is 24.2. The van der Waals surface area contributed by atoms with E-state index in [1.54, 1.807) is 30.6 Å². The maximum absolute atomic E-state index is 12.7. The molecule has 1 saturated heterocycles. The molecule has 0 aliphatic carbocycles. The predicted octanol–water partition coefficient (Wildman–Crippen LogP) is 3.41. The Labute approximate surface area is 216 Å². The SMILES string of the molecule is Cc1cnc(Nc2ccc(N3CCNCC3)cc2)nc1-n1ccc(C(=O)NCCc2ccccc2O)c1. The van der Waals surface area contributed by atoms with Crippen LogP contribution >= 0.6 is 0 Å². The standard InChI is InChI=1S/C28H31N7O2/c1-20-18-31-28(32-23-6-8-24(9-7-23)34-16-13-29-14-17-34)33-26(20)35-15-11-22(19-35)27(37)30-12-10-21-4-2-3-5-25(21)36/h2-9,11,15,18-19,29,36H,10,12-14,16-17H2,1H3,(H,30,37)(H,31,32,33). The van der Waals surface area contributed by atoms with Crippen LogP contribution in [0.3, 0.4) is 0 Å². The van der Waals surface area contributed by atoms with E-state index >= 15 is 0 Å². The lowest BCUT2D eigenvalue weighted by molar-refractivity contribution is 0.0954. The van der Waals surface area contributed by atoms with Crippen LogP contribution < -0.4 is 20.9 Å². The van der Waals surface area contributed by atoms with E-state index in [4.69, 9.17) is 4.98 Å². The van der Waals surface area contributed by atoms with E-state index in [0.717, 1.165) is 43.0 Å². The van der Waals surface area contributed by atoms with Crippen LogP contribution in [0.1, 0.15) is 21.5 Å². The fourth-order valence-corrected chi connectivity index (χ4v) is 4.36. The van der Waals surface area contributed by atoms with Gasteiger partial charge in [0.1, 0.15) is 11.6 Å². The highest BCUT2D eigenvalue weighted by atomic mass is 16.3. The van der Waals surface area contributed by atoms with Gasteiger partial charge in [0, 0.05) is 68.3 Å². The first kappa shape index (κ1) is 24.3. The van der Waals surface area contributed by atoms with Crippen LogP contribution in [0.15, 0.2) is 73.2 Å². The number of carbonyl (C=O) groups excluding carboxylic acids is 1. The van der Waals surface area contributed by atoms with Crippen molar-refractivity contribution in [1.82, 2.24) is 25.2 Å². The van der Waals surface area contributed by atoms with Gasteiger partial charge in [-0.05, 0) is 55.3 Å². The zero-order valence-electron chi connectivity index (χ0n) is 20.8. The van der Waals surface area contributed by atoms with Crippen molar-refractivity contribution in [1.29, 1.82) is 0 Å². The summed E-state index contributed by atoms with van der Waals surface area (Å²) < 4.78 is 1.83. The lowest BCUT2D eigenvalue weighted by atomic mass is 10.1. The fourth-order valence-electron chi connectivity index (χ4n) is 4.36. The number of anilines is 3. The van der Waals surface area contributed by atoms with Crippen molar-refractivity contribution in [2.75, 3.05) is 42.9 Å². The number of hydrogen-bond donors (Lipinski definition) is 4. The van der Waals surface area contributed by atoms with E-state index in [1.165, 1.54) is 5.69 Å². The van der Waals surface area contributed by atoms with Gasteiger partial charge in [-0.3, -0.25) is 4.79 Å². The third-order valence-electron chi connectivity index (χ3n) is 6.42. The molecule has 4 N–H and O–H groups in total. The highest BCUT2D eigenvalue weighted by Gasteiger charge is 2.13. The molecule has 4 aromatic rings. The quantitative estimate of drug-likeness (QED) is 0.296. The lowest BCUT2D eigenvalue weighted by Gasteiger charge is -2.29. The Kier molecular flexibility index (Phi) is 7.32. The molecule has 2 aromatic heterocycles. The number of phenols is 1. The summed E-state index contributed by atoms with van der Waals surface area (Å²) in [5.41, 5.74) is 4.34. The number of aromatic hydroxyl groups is 1. The molecule has 0 radical (unpaired) electrons. The minimum atomic E-state index is -0.177. The van der Waals surface area contributed by atoms with Crippen molar-refractivity contribution in [3.8, 4) is 11.6 Å². The van der Waals surface area contributed by atoms with Crippen LogP contribution in [0.25, 0.3) is 5.82 Å². The zero-order chi connectivity index (χ0) is 25.6. The molecule has 3 heterocycles. The molecule has 1 amide bonds. The van der Waals surface area contributed by atoms with Crippen LogP contribution in [0, 0.1) is 6.92 Å². The van der Waals surface area contributed by atoms with E-state index in [-0.39, 0.29) is 11.7 Å². The van der Waals surface area contributed by atoms with Crippen molar-refractivity contribution < 1.29 is 9.90 Å². The highest BCUT2D eigenvalue weighted by Crippen LogP contribution is 2.22. The Morgan fingerprint density at radius 1 is 1.08 bits per heavy atom. The third-order valence-corrected chi connectivity index (χ3v) is 6.42. The number of nitrogens with one attached hydrogen (secondary N) is 3. The third kappa shape index (κ3) is 5.90. The Morgan fingerprint density at radius 3 is 2.65 bits per heavy atom. The maximum atomic E-state index is 12.7. The molecule has 0 atom stereocenters. The number of aromatic nitrogens is 3. The van der Waals surface area contributed by atoms with Crippen molar-refractivity contribution >= 4 is 23.2 Å². The Morgan fingerprint density at radius 2 is 1.86 bits per heavy atom. The van der Waals surface area contributed by atoms with E-state index in [1.807, 2.05) is 42.0 Å². The number of para-hydroxylation sites is 1. The Hall–Kier alpha value is -4.37. The van der Waals surface area contributed by atoms with E-state index in [9.17, 15) is 9.90 Å². The van der Waals surface area contributed by atoms with Crippen molar-refractivity contribution in [2.45, 2.75) is 13.3 Å². The molecule has 0 unspecified atom stereocenters. The number of nitrogens with zero attached hydrogens (tertiary/aromatic N) is 4. The smallest absolute Gasteiger partial charge is 0.252 e. The number of aryl methyl sites for hydroxylation is 1. The molecular formula is C28H31N7O2. The molecule has 190 valence electrons. The molecule has 0 spiro atoms. The van der Waals surface area contributed by atoms with E-state index in [2.05, 4.69) is 38.0 Å². The molecule has 0 saturated carbocycles. The normalized spacial score (nSPS) is 13.4. The lowest BCUT2D eigenvalue weighted by Crippen LogP contribution is -2.43. The van der Waals surface area contributed by atoms with E-state index < -0.39 is 0 Å². The van der Waals surface area contributed by atoms with Gasteiger partial charge in [-0.15, -0.1) is 0 Å². The van der Waals surface area contributed by atoms with Crippen molar-refractivity contribution in [2.24, 2.45) is 0 Å². The highest BCUT2D eigenvalue weighted by molar-refractivity contribution is 5.94. The van der Waals surface area contributed by atoms with Gasteiger partial charge in [-0.25, -0.2) is 4.98 Å². The van der Waals surface area contributed by atoms with Crippen molar-refractivity contribution in [3.63, 3.8) is 0 Å². The van der Waals surface area contributed by atoms with Gasteiger partial charge in [-0.1, -0.05) is 18.2 Å². The summed E-state index contributed by atoms with van der Waals surface area (Å²) in [6.45, 7) is 6.38. The average molecular weight is 498 g/mol.